The third-order valence-corrected chi connectivity index (χ3v) is 2.86. The summed E-state index contributed by atoms with van der Waals surface area (Å²) >= 11 is 0. The van der Waals surface area contributed by atoms with Crippen LogP contribution in [0.15, 0.2) is 17.1 Å². The molecule has 2 N–H and O–H groups in total. The first-order chi connectivity index (χ1) is 11.0. The highest BCUT2D eigenvalue weighted by molar-refractivity contribution is 5.93. The van der Waals surface area contributed by atoms with Gasteiger partial charge in [-0.25, -0.2) is 9.18 Å². The molecule has 0 aliphatic heterocycles. The van der Waals surface area contributed by atoms with Gasteiger partial charge in [-0.1, -0.05) is 6.92 Å². The quantitative estimate of drug-likeness (QED) is 0.811. The molecule has 5 nitrogen and oxygen atoms in total. The summed E-state index contributed by atoms with van der Waals surface area (Å²) in [6.07, 6.45) is -3.78. The van der Waals surface area contributed by atoms with Crippen LogP contribution in [0, 0.1) is 11.6 Å². The second-order valence-corrected chi connectivity index (χ2v) is 4.43. The van der Waals surface area contributed by atoms with E-state index in [2.05, 4.69) is 9.72 Å². The average Bonchev–Trinajstić information content (AvgIpc) is 2.49. The number of nitrogens with one attached hydrogen (secondary N) is 1. The normalized spacial score (nSPS) is 11.0. The average molecular weight is 353 g/mol. The topological polar surface area (TPSA) is 79.4 Å². The molecule has 132 valence electrons. The van der Waals surface area contributed by atoms with Gasteiger partial charge in [-0.2, -0.15) is 17.6 Å². The van der Waals surface area contributed by atoms with Crippen LogP contribution in [0.1, 0.15) is 23.7 Å². The maximum atomic E-state index is 13.4. The molecule has 0 bridgehead atoms. The van der Waals surface area contributed by atoms with E-state index in [0.29, 0.717) is 6.07 Å². The first-order valence-corrected chi connectivity index (χ1v) is 6.40. The van der Waals surface area contributed by atoms with Gasteiger partial charge in [0.1, 0.15) is 5.56 Å². The van der Waals surface area contributed by atoms with Crippen LogP contribution in [0.4, 0.5) is 22.0 Å². The van der Waals surface area contributed by atoms with Gasteiger partial charge in [-0.3, -0.25) is 4.79 Å². The van der Waals surface area contributed by atoms with Crippen LogP contribution >= 0.6 is 0 Å². The number of pyridine rings is 1. The van der Waals surface area contributed by atoms with Crippen LogP contribution in [0.5, 0.6) is 5.75 Å². The van der Waals surface area contributed by atoms with Gasteiger partial charge in [-0.05, 0) is 6.07 Å². The molecule has 0 atom stereocenters. The number of aromatic carboxylic acids is 1. The molecule has 1 aromatic carbocycles. The lowest BCUT2D eigenvalue weighted by atomic mass is 10.1. The Balaban J connectivity index is 0.000000413. The van der Waals surface area contributed by atoms with E-state index in [1.54, 1.807) is 0 Å². The zero-order valence-electron chi connectivity index (χ0n) is 12.4. The van der Waals surface area contributed by atoms with E-state index in [9.17, 15) is 31.5 Å². The largest absolute Gasteiger partial charge is 0.491 e. The number of hydrogen-bond donors (Lipinski definition) is 2. The summed E-state index contributed by atoms with van der Waals surface area (Å²) in [6, 6.07) is 0.637. The molecule has 10 heteroatoms. The molecule has 0 aliphatic rings. The lowest BCUT2D eigenvalue weighted by Gasteiger charge is -2.07. The molecule has 0 radical (unpaired) electrons. The molecular weight excluding hydrogens is 341 g/mol. The number of benzene rings is 1. The molecule has 0 aliphatic carbocycles. The van der Waals surface area contributed by atoms with E-state index < -0.39 is 46.9 Å². The fraction of sp³-hybridized carbons (Fsp3) is 0.286. The molecule has 0 saturated heterocycles. The second-order valence-electron chi connectivity index (χ2n) is 4.43. The SMILES string of the molecule is CCC(F)(F)F.COc1c(F)c(F)cc2c(=O)c(C(=O)O)c[nH]c12. The van der Waals surface area contributed by atoms with Gasteiger partial charge >= 0.3 is 12.1 Å². The predicted octanol–water partition coefficient (Wildman–Crippen LogP) is 3.47. The Morgan fingerprint density at radius 2 is 1.88 bits per heavy atom. The Labute approximate surface area is 131 Å². The monoisotopic (exact) mass is 353 g/mol. The fourth-order valence-corrected chi connectivity index (χ4v) is 1.63. The Morgan fingerprint density at radius 3 is 2.29 bits per heavy atom. The number of carbonyl (C=O) groups is 1. The molecule has 1 aromatic heterocycles. The number of ether oxygens (including phenoxy) is 1. The maximum Gasteiger partial charge on any atom is 0.388 e. The number of carboxylic acids is 1. The minimum atomic E-state index is -3.96. The van der Waals surface area contributed by atoms with Crippen LogP contribution in [0.2, 0.25) is 0 Å². The summed E-state index contributed by atoms with van der Waals surface area (Å²) in [4.78, 5) is 24.9. The predicted molar refractivity (Wildman–Crippen MR) is 74.3 cm³/mol. The molecule has 0 amide bonds. The van der Waals surface area contributed by atoms with Crippen molar-refractivity contribution in [1.29, 1.82) is 0 Å². The molecule has 2 aromatic rings. The highest BCUT2D eigenvalue weighted by Gasteiger charge is 2.22. The van der Waals surface area contributed by atoms with Gasteiger partial charge in [0.25, 0.3) is 0 Å². The zero-order valence-corrected chi connectivity index (χ0v) is 12.4. The zero-order chi connectivity index (χ0) is 18.7. The number of H-pyrrole nitrogens is 1. The van der Waals surface area contributed by atoms with E-state index in [0.717, 1.165) is 20.2 Å². The summed E-state index contributed by atoms with van der Waals surface area (Å²) in [5.74, 6) is -4.46. The van der Waals surface area contributed by atoms with Gasteiger partial charge in [0, 0.05) is 12.6 Å². The van der Waals surface area contributed by atoms with Crippen molar-refractivity contribution < 1.29 is 36.6 Å². The minimum absolute atomic E-state index is 0.0913. The molecule has 2 rings (SSSR count). The van der Waals surface area contributed by atoms with Crippen molar-refractivity contribution in [1.82, 2.24) is 4.98 Å². The van der Waals surface area contributed by atoms with Gasteiger partial charge < -0.3 is 14.8 Å². The van der Waals surface area contributed by atoms with Crippen LogP contribution < -0.4 is 10.2 Å². The number of aromatic amines is 1. The Kier molecular flexibility index (Phi) is 5.88. The van der Waals surface area contributed by atoms with Crippen LogP contribution in [-0.2, 0) is 0 Å². The summed E-state index contributed by atoms with van der Waals surface area (Å²) < 4.78 is 63.7. The molecular formula is C14H12F5NO4. The van der Waals surface area contributed by atoms with Crippen LogP contribution in [0.25, 0.3) is 10.9 Å². The van der Waals surface area contributed by atoms with Crippen molar-refractivity contribution >= 4 is 16.9 Å². The van der Waals surface area contributed by atoms with E-state index in [1.807, 2.05) is 0 Å². The molecule has 0 fully saturated rings. The third-order valence-electron chi connectivity index (χ3n) is 2.86. The number of hydrogen-bond acceptors (Lipinski definition) is 3. The van der Waals surface area contributed by atoms with Crippen molar-refractivity contribution in [2.75, 3.05) is 7.11 Å². The Bertz CT molecular complexity index is 813. The first kappa shape index (κ1) is 19.4. The third kappa shape index (κ3) is 4.21. The number of aromatic nitrogens is 1. The molecule has 0 unspecified atom stereocenters. The van der Waals surface area contributed by atoms with Gasteiger partial charge in [0.15, 0.2) is 11.6 Å². The highest BCUT2D eigenvalue weighted by atomic mass is 19.4. The highest BCUT2D eigenvalue weighted by Crippen LogP contribution is 2.27. The standard InChI is InChI=1S/C11H7F2NO4.C3H5F3/c1-18-10-7(13)6(12)2-4-8(10)14-3-5(9(4)15)11(16)17;1-2-3(4,5)6/h2-3H,1H3,(H,14,15)(H,16,17);2H2,1H3. The van der Waals surface area contributed by atoms with Gasteiger partial charge in [-0.15, -0.1) is 0 Å². The van der Waals surface area contributed by atoms with Crippen molar-refractivity contribution in [3.05, 3.63) is 39.7 Å². The Hall–Kier alpha value is -2.65. The smallest absolute Gasteiger partial charge is 0.388 e. The van der Waals surface area contributed by atoms with E-state index >= 15 is 0 Å². The second kappa shape index (κ2) is 7.28. The van der Waals surface area contributed by atoms with Crippen LogP contribution in [-0.4, -0.2) is 29.3 Å². The van der Waals surface area contributed by atoms with E-state index in [1.165, 1.54) is 0 Å². The fourth-order valence-electron chi connectivity index (χ4n) is 1.63. The maximum absolute atomic E-state index is 13.4. The number of methoxy groups -OCH3 is 1. The van der Waals surface area contributed by atoms with Crippen molar-refractivity contribution in [3.63, 3.8) is 0 Å². The molecule has 0 saturated carbocycles. The Morgan fingerprint density at radius 1 is 1.33 bits per heavy atom. The number of alkyl halides is 3. The van der Waals surface area contributed by atoms with Gasteiger partial charge in [0.2, 0.25) is 11.2 Å². The minimum Gasteiger partial charge on any atom is -0.491 e. The van der Waals surface area contributed by atoms with E-state index in [-0.39, 0.29) is 10.9 Å². The summed E-state index contributed by atoms with van der Waals surface area (Å²) in [5.41, 5.74) is -1.56. The number of carboxylic acid groups (broad SMARTS) is 1. The van der Waals surface area contributed by atoms with Crippen molar-refractivity contribution in [3.8, 4) is 5.75 Å². The summed E-state index contributed by atoms with van der Waals surface area (Å²) in [7, 11) is 1.11. The lowest BCUT2D eigenvalue weighted by molar-refractivity contribution is -0.130. The van der Waals surface area contributed by atoms with Crippen molar-refractivity contribution in [2.45, 2.75) is 19.5 Å². The van der Waals surface area contributed by atoms with E-state index in [4.69, 9.17) is 5.11 Å². The molecule has 1 heterocycles. The number of rotatable bonds is 2. The lowest BCUT2D eigenvalue weighted by Crippen LogP contribution is -2.16. The van der Waals surface area contributed by atoms with Crippen LogP contribution in [0.3, 0.4) is 0 Å². The summed E-state index contributed by atoms with van der Waals surface area (Å²) in [5, 5.41) is 8.47. The van der Waals surface area contributed by atoms with Crippen molar-refractivity contribution in [2.24, 2.45) is 0 Å². The summed E-state index contributed by atoms with van der Waals surface area (Å²) in [6.45, 7) is 1.08. The first-order valence-electron chi connectivity index (χ1n) is 6.40. The van der Waals surface area contributed by atoms with Gasteiger partial charge in [0.05, 0.1) is 18.0 Å². The molecule has 0 spiro atoms. The number of halogens is 5. The molecule has 24 heavy (non-hydrogen) atoms. The number of fused-ring (bicyclic) bond motifs is 1.